The third kappa shape index (κ3) is 4.66. The van der Waals surface area contributed by atoms with Gasteiger partial charge in [0.2, 0.25) is 5.91 Å². The molecule has 1 aliphatic heterocycles. The number of piperazine rings is 1. The number of aromatic nitrogens is 2. The van der Waals surface area contributed by atoms with Gasteiger partial charge in [-0.05, 0) is 35.9 Å². The first-order chi connectivity index (χ1) is 15.1. The van der Waals surface area contributed by atoms with Gasteiger partial charge in [0.1, 0.15) is 11.7 Å². The summed E-state index contributed by atoms with van der Waals surface area (Å²) in [6, 6.07) is 11.8. The maximum atomic E-state index is 13.3. The van der Waals surface area contributed by atoms with Crippen LogP contribution in [0, 0.1) is 6.92 Å². The summed E-state index contributed by atoms with van der Waals surface area (Å²) >= 11 is 1.69. The van der Waals surface area contributed by atoms with Gasteiger partial charge in [-0.2, -0.15) is 0 Å². The van der Waals surface area contributed by atoms with E-state index in [1.165, 1.54) is 11.1 Å². The van der Waals surface area contributed by atoms with E-state index in [2.05, 4.69) is 40.5 Å². The molecule has 1 saturated heterocycles. The van der Waals surface area contributed by atoms with Crippen molar-refractivity contribution in [1.82, 2.24) is 19.8 Å². The molecule has 0 radical (unpaired) electrons. The average molecular weight is 435 g/mol. The molecule has 4 rings (SSSR count). The Bertz CT molecular complexity index is 1050. The Balaban J connectivity index is 1.62. The molecular weight excluding hydrogens is 408 g/mol. The van der Waals surface area contributed by atoms with E-state index >= 15 is 0 Å². The molecule has 0 aliphatic carbocycles. The molecule has 2 aromatic heterocycles. The van der Waals surface area contributed by atoms with Gasteiger partial charge in [-0.15, -0.1) is 11.3 Å². The summed E-state index contributed by atoms with van der Waals surface area (Å²) in [5, 5.41) is 2.05. The van der Waals surface area contributed by atoms with Crippen LogP contribution in [0.1, 0.15) is 35.1 Å². The van der Waals surface area contributed by atoms with Crippen molar-refractivity contribution in [3.8, 4) is 10.4 Å². The Hall–Kier alpha value is -3.06. The normalized spacial score (nSPS) is 16.6. The molecule has 1 aromatic carbocycles. The highest BCUT2D eigenvalue weighted by molar-refractivity contribution is 7.13. The molecule has 2 amide bonds. The van der Waals surface area contributed by atoms with E-state index in [9.17, 15) is 9.59 Å². The zero-order chi connectivity index (χ0) is 21.8. The van der Waals surface area contributed by atoms with Gasteiger partial charge in [0.15, 0.2) is 0 Å². The summed E-state index contributed by atoms with van der Waals surface area (Å²) in [7, 11) is 0. The molecule has 0 bridgehead atoms. The smallest absolute Gasteiger partial charge is 0.274 e. The van der Waals surface area contributed by atoms with E-state index in [-0.39, 0.29) is 17.5 Å². The van der Waals surface area contributed by atoms with Crippen LogP contribution in [0.2, 0.25) is 0 Å². The highest BCUT2D eigenvalue weighted by Crippen LogP contribution is 2.27. The number of thiophene rings is 1. The van der Waals surface area contributed by atoms with Crippen LogP contribution in [-0.4, -0.2) is 57.3 Å². The van der Waals surface area contributed by atoms with Gasteiger partial charge in [0.25, 0.3) is 5.91 Å². The molecule has 0 saturated carbocycles. The van der Waals surface area contributed by atoms with Crippen LogP contribution in [0.4, 0.5) is 0 Å². The Morgan fingerprint density at radius 1 is 1.16 bits per heavy atom. The minimum atomic E-state index is -0.547. The second kappa shape index (κ2) is 9.39. The summed E-state index contributed by atoms with van der Waals surface area (Å²) in [5.41, 5.74) is 3.20. The molecule has 160 valence electrons. The molecule has 1 atom stereocenters. The molecule has 3 aromatic rings. The lowest BCUT2D eigenvalue weighted by Crippen LogP contribution is -2.59. The molecule has 0 N–H and O–H groups in total. The SMILES string of the molecule is CCCN1CCN(C(=O)c2cnc(C)cn2)C(Cc2cccc(-c3cccs3)c2)C1=O. The van der Waals surface area contributed by atoms with E-state index in [1.807, 2.05) is 30.0 Å². The van der Waals surface area contributed by atoms with Crippen molar-refractivity contribution in [2.45, 2.75) is 32.7 Å². The predicted octanol–water partition coefficient (Wildman–Crippen LogP) is 3.82. The van der Waals surface area contributed by atoms with Crippen molar-refractivity contribution < 1.29 is 9.59 Å². The first-order valence-electron chi connectivity index (χ1n) is 10.6. The van der Waals surface area contributed by atoms with Gasteiger partial charge in [-0.3, -0.25) is 14.6 Å². The van der Waals surface area contributed by atoms with Gasteiger partial charge >= 0.3 is 0 Å². The molecule has 1 unspecified atom stereocenters. The van der Waals surface area contributed by atoms with Crippen molar-refractivity contribution >= 4 is 23.2 Å². The van der Waals surface area contributed by atoms with Crippen LogP contribution in [0.5, 0.6) is 0 Å². The molecule has 0 spiro atoms. The molecule has 1 aliphatic rings. The van der Waals surface area contributed by atoms with Gasteiger partial charge in [-0.25, -0.2) is 4.98 Å². The lowest BCUT2D eigenvalue weighted by molar-refractivity contribution is -0.140. The largest absolute Gasteiger partial charge is 0.339 e. The summed E-state index contributed by atoms with van der Waals surface area (Å²) in [4.78, 5) is 39.7. The van der Waals surface area contributed by atoms with Crippen molar-refractivity contribution in [3.05, 3.63) is 71.1 Å². The summed E-state index contributed by atoms with van der Waals surface area (Å²) in [6.07, 6.45) is 4.45. The number of benzene rings is 1. The molecule has 3 heterocycles. The van der Waals surface area contributed by atoms with Crippen LogP contribution >= 0.6 is 11.3 Å². The van der Waals surface area contributed by atoms with E-state index in [1.54, 1.807) is 22.4 Å². The van der Waals surface area contributed by atoms with Crippen LogP contribution in [0.3, 0.4) is 0 Å². The zero-order valence-corrected chi connectivity index (χ0v) is 18.6. The third-order valence-electron chi connectivity index (χ3n) is 5.50. The number of carbonyl (C=O) groups is 2. The van der Waals surface area contributed by atoms with Crippen LogP contribution < -0.4 is 0 Å². The van der Waals surface area contributed by atoms with Crippen LogP contribution in [-0.2, 0) is 11.2 Å². The van der Waals surface area contributed by atoms with Crippen molar-refractivity contribution in [2.75, 3.05) is 19.6 Å². The number of rotatable bonds is 6. The number of hydrogen-bond donors (Lipinski definition) is 0. The van der Waals surface area contributed by atoms with Crippen molar-refractivity contribution in [1.29, 1.82) is 0 Å². The minimum Gasteiger partial charge on any atom is -0.339 e. The predicted molar refractivity (Wildman–Crippen MR) is 122 cm³/mol. The van der Waals surface area contributed by atoms with Gasteiger partial charge in [0, 0.05) is 37.1 Å². The zero-order valence-electron chi connectivity index (χ0n) is 17.8. The first kappa shape index (κ1) is 21.2. The topological polar surface area (TPSA) is 66.4 Å². The number of nitrogens with zero attached hydrogens (tertiary/aromatic N) is 4. The third-order valence-corrected chi connectivity index (χ3v) is 6.42. The fourth-order valence-electron chi connectivity index (χ4n) is 3.94. The molecule has 7 heteroatoms. The standard InChI is InChI=1S/C24H26N4O2S/c1-3-9-27-10-11-28(23(29)20-16-25-17(2)15-26-20)21(24(27)30)14-18-6-4-7-19(13-18)22-8-5-12-31-22/h4-8,12-13,15-16,21H,3,9-11,14H2,1-2H3. The second-order valence-corrected chi connectivity index (χ2v) is 8.71. The maximum Gasteiger partial charge on any atom is 0.274 e. The lowest BCUT2D eigenvalue weighted by Gasteiger charge is -2.40. The Kier molecular flexibility index (Phi) is 6.42. The van der Waals surface area contributed by atoms with E-state index in [0.29, 0.717) is 26.1 Å². The van der Waals surface area contributed by atoms with Crippen molar-refractivity contribution in [2.24, 2.45) is 0 Å². The second-order valence-electron chi connectivity index (χ2n) is 7.76. The number of hydrogen-bond acceptors (Lipinski definition) is 5. The summed E-state index contributed by atoms with van der Waals surface area (Å²) in [6.45, 7) is 5.64. The maximum absolute atomic E-state index is 13.3. The van der Waals surface area contributed by atoms with E-state index in [0.717, 1.165) is 23.2 Å². The van der Waals surface area contributed by atoms with E-state index < -0.39 is 6.04 Å². The van der Waals surface area contributed by atoms with Crippen LogP contribution in [0.25, 0.3) is 10.4 Å². The fraction of sp³-hybridized carbons (Fsp3) is 0.333. The monoisotopic (exact) mass is 434 g/mol. The van der Waals surface area contributed by atoms with Gasteiger partial charge in [0.05, 0.1) is 11.9 Å². The van der Waals surface area contributed by atoms with Gasteiger partial charge < -0.3 is 9.80 Å². The Morgan fingerprint density at radius 3 is 2.74 bits per heavy atom. The Labute approximate surface area is 186 Å². The number of aryl methyl sites for hydroxylation is 1. The van der Waals surface area contributed by atoms with Crippen molar-refractivity contribution in [3.63, 3.8) is 0 Å². The molecular formula is C24H26N4O2S. The van der Waals surface area contributed by atoms with E-state index in [4.69, 9.17) is 0 Å². The average Bonchev–Trinajstić information content (AvgIpc) is 3.32. The molecule has 31 heavy (non-hydrogen) atoms. The quantitative estimate of drug-likeness (QED) is 0.592. The van der Waals surface area contributed by atoms with Crippen LogP contribution in [0.15, 0.2) is 54.2 Å². The first-order valence-corrected chi connectivity index (χ1v) is 11.5. The summed E-state index contributed by atoms with van der Waals surface area (Å²) < 4.78 is 0. The Morgan fingerprint density at radius 2 is 2.03 bits per heavy atom. The van der Waals surface area contributed by atoms with Gasteiger partial charge in [-0.1, -0.05) is 37.3 Å². The minimum absolute atomic E-state index is 0.00282. The molecule has 1 fully saturated rings. The molecule has 6 nitrogen and oxygen atoms in total. The number of carbonyl (C=O) groups excluding carboxylic acids is 2. The highest BCUT2D eigenvalue weighted by atomic mass is 32.1. The highest BCUT2D eigenvalue weighted by Gasteiger charge is 2.38. The number of amides is 2. The summed E-state index contributed by atoms with van der Waals surface area (Å²) in [5.74, 6) is -0.237. The lowest BCUT2D eigenvalue weighted by atomic mass is 9.98. The fourth-order valence-corrected chi connectivity index (χ4v) is 4.66.